The molecule has 3 aromatic rings. The molecular weight excluding hydrogens is 1380 g/mol. The molecule has 0 saturated carbocycles. The first-order valence-corrected chi connectivity index (χ1v) is 36.9. The van der Waals surface area contributed by atoms with Gasteiger partial charge in [0, 0.05) is 61.5 Å². The summed E-state index contributed by atoms with van der Waals surface area (Å²) in [5.74, 6) is -10.6. The van der Waals surface area contributed by atoms with Gasteiger partial charge in [-0.1, -0.05) is 87.4 Å². The summed E-state index contributed by atoms with van der Waals surface area (Å²) in [6.07, 6.45) is 6.18. The number of aromatic amines is 2. The van der Waals surface area contributed by atoms with Crippen LogP contribution in [-0.4, -0.2) is 196 Å². The third-order valence-corrected chi connectivity index (χ3v) is 17.1. The maximum atomic E-state index is 14.8. The van der Waals surface area contributed by atoms with Crippen LogP contribution in [0.2, 0.25) is 0 Å². The minimum atomic E-state index is -1.43. The lowest BCUT2D eigenvalue weighted by molar-refractivity contribution is -0.142. The van der Waals surface area contributed by atoms with Crippen LogP contribution >= 0.6 is 0 Å². The highest BCUT2D eigenvalue weighted by Gasteiger charge is 2.38. The predicted molar refractivity (Wildman–Crippen MR) is 409 cm³/mol. The van der Waals surface area contributed by atoms with Crippen molar-refractivity contribution in [3.05, 3.63) is 54.2 Å². The number of benzene rings is 1. The fourth-order valence-electron chi connectivity index (χ4n) is 11.7. The number of aromatic nitrogens is 3. The average molecular weight is 1500 g/mol. The van der Waals surface area contributed by atoms with Crippen molar-refractivity contribution in [3.63, 3.8) is 0 Å². The van der Waals surface area contributed by atoms with E-state index in [1.54, 1.807) is 6.20 Å². The number of fused-ring (bicyclic) bond motifs is 1. The lowest BCUT2D eigenvalue weighted by Gasteiger charge is -2.30. The number of H-pyrrole nitrogens is 2. The Labute approximate surface area is 626 Å². The topological polar surface area (TPSA) is 618 Å². The van der Waals surface area contributed by atoms with E-state index < -0.39 is 132 Å². The Bertz CT molecular complexity index is 3420. The number of para-hydroxylation sites is 1. The molecule has 10 amide bonds. The van der Waals surface area contributed by atoms with Crippen LogP contribution in [0.3, 0.4) is 0 Å². The lowest BCUT2D eigenvalue weighted by atomic mass is 9.97. The second-order valence-corrected chi connectivity index (χ2v) is 29.2. The standard InChI is InChI=1S/C71H122N24O12/c1-38(2)28-51(62(100)87-48(21-13-14-24-72)59(97)86-50(23-17-27-83-71(78)79)61(99)95-57(68(106)107)34-44-36-80-37-85-44)91-64(102)53(30-40(5)6)93-66(104)55(32-42(9)10)94-65(103)54(31-41(7)8)92-63(101)52(29-39(3)4)90-60(98)49(22-16-26-82-70(76)77)88-67(105)56(33-43-35-84-47-20-12-11-18-45(43)47)89-58(96)46(73)19-15-25-81-69(74)75/h11-12,18,20,35-42,46,48-57,84H,13-17,19,21-34,72-73H2,1-10H3,(H,80,85)(H,86,97)(H,87,100)(H,88,105)(H,89,96)(H,90,98)(H,91,102)(H,92,101)(H,93,104)(H,94,103)(H,95,99)(H,106,107)(H4,74,75,81)(H4,76,77,82)(H4,78,79,83)/t46-,48-,49-,50-,51-,52-,53-,54-,55-,56-,57-/m0/s1. The molecule has 1 aromatic carbocycles. The molecule has 2 aromatic heterocycles. The van der Waals surface area contributed by atoms with Gasteiger partial charge in [-0.2, -0.15) is 0 Å². The first-order valence-electron chi connectivity index (χ1n) is 36.9. The second kappa shape index (κ2) is 47.4. The minimum absolute atomic E-state index is 0.0337. The van der Waals surface area contributed by atoms with Gasteiger partial charge in [0.1, 0.15) is 60.4 Å². The van der Waals surface area contributed by atoms with Gasteiger partial charge >= 0.3 is 5.97 Å². The number of hydrogen-bond donors (Lipinski definition) is 21. The zero-order valence-electron chi connectivity index (χ0n) is 63.8. The first kappa shape index (κ1) is 91.1. The Morgan fingerprint density at radius 3 is 1.08 bits per heavy atom. The largest absolute Gasteiger partial charge is 0.480 e. The SMILES string of the molecule is CC(C)C[C@H](NC(=O)[C@H](CC(C)C)NC(=O)[C@H](CC(C)C)NC(=O)[C@H](CC(C)C)NC(=O)[C@H](CC(C)C)NC(=O)[C@H](CCCN=C(N)N)NC(=O)[C@H](Cc1c[nH]c2ccccc12)NC(=O)[C@@H](N)CCCN=C(N)N)C(=O)N[C@@H](CCCCN)C(=O)N[C@@H](CCCN=C(N)N)C(=O)N[C@@H](Cc1cnc[nH]1)C(=O)O. The number of aliphatic imine (C=N–C) groups is 3. The predicted octanol–water partition coefficient (Wildman–Crippen LogP) is -1.54. The molecule has 0 unspecified atom stereocenters. The van der Waals surface area contributed by atoms with Crippen LogP contribution < -0.4 is 99.0 Å². The Balaban J connectivity index is 1.95. The van der Waals surface area contributed by atoms with Crippen LogP contribution in [0.5, 0.6) is 0 Å². The molecule has 0 fully saturated rings. The van der Waals surface area contributed by atoms with Crippen molar-refractivity contribution >= 4 is 93.8 Å². The van der Waals surface area contributed by atoms with Gasteiger partial charge in [-0.05, 0) is 138 Å². The number of carboxylic acid groups (broad SMARTS) is 1. The van der Waals surface area contributed by atoms with E-state index >= 15 is 0 Å². The number of nitrogens with one attached hydrogen (secondary N) is 12. The van der Waals surface area contributed by atoms with Crippen LogP contribution in [0.4, 0.5) is 0 Å². The number of aliphatic carboxylic acids is 1. The van der Waals surface area contributed by atoms with Crippen LogP contribution in [0.15, 0.2) is 58.0 Å². The quantitative estimate of drug-likeness (QED) is 0.0173. The Morgan fingerprint density at radius 2 is 0.738 bits per heavy atom. The fraction of sp³-hybridized carbons (Fsp3) is 0.648. The summed E-state index contributed by atoms with van der Waals surface area (Å²) >= 11 is 0. The Morgan fingerprint density at radius 1 is 0.411 bits per heavy atom. The molecule has 3 rings (SSSR count). The highest BCUT2D eigenvalue weighted by Crippen LogP contribution is 2.21. The van der Waals surface area contributed by atoms with Crippen LogP contribution in [-0.2, 0) is 65.6 Å². The van der Waals surface area contributed by atoms with Crippen molar-refractivity contribution in [1.29, 1.82) is 0 Å². The van der Waals surface area contributed by atoms with E-state index in [0.29, 0.717) is 30.5 Å². The minimum Gasteiger partial charge on any atom is -0.480 e. The number of carbonyl (C=O) groups excluding carboxylic acids is 10. The van der Waals surface area contributed by atoms with Crippen molar-refractivity contribution < 1.29 is 57.8 Å². The molecule has 0 spiro atoms. The zero-order chi connectivity index (χ0) is 80.0. The van der Waals surface area contributed by atoms with Crippen molar-refractivity contribution in [1.82, 2.24) is 68.1 Å². The number of carbonyl (C=O) groups is 11. The molecule has 29 N–H and O–H groups in total. The molecule has 0 radical (unpaired) electrons. The second-order valence-electron chi connectivity index (χ2n) is 29.2. The number of carboxylic acids is 1. The number of nitrogens with zero attached hydrogens (tertiary/aromatic N) is 4. The van der Waals surface area contributed by atoms with Gasteiger partial charge in [0.05, 0.1) is 12.4 Å². The van der Waals surface area contributed by atoms with Gasteiger partial charge in [0.15, 0.2) is 17.9 Å². The number of amides is 10. The molecule has 11 atom stereocenters. The summed E-state index contributed by atoms with van der Waals surface area (Å²) in [6.45, 7) is 18.8. The van der Waals surface area contributed by atoms with Gasteiger partial charge in [0.2, 0.25) is 59.1 Å². The molecule has 36 nitrogen and oxygen atoms in total. The molecule has 598 valence electrons. The lowest BCUT2D eigenvalue weighted by Crippen LogP contribution is -2.61. The summed E-state index contributed by atoms with van der Waals surface area (Å²) in [6, 6.07) is -6.83. The average Bonchev–Trinajstić information content (AvgIpc) is 1.71. The third-order valence-electron chi connectivity index (χ3n) is 17.1. The molecule has 0 bridgehead atoms. The van der Waals surface area contributed by atoms with E-state index in [-0.39, 0.29) is 157 Å². The van der Waals surface area contributed by atoms with E-state index in [9.17, 15) is 57.8 Å². The number of imidazole rings is 1. The van der Waals surface area contributed by atoms with Gasteiger partial charge < -0.3 is 114 Å². The first-order chi connectivity index (χ1) is 50.5. The molecule has 107 heavy (non-hydrogen) atoms. The van der Waals surface area contributed by atoms with E-state index in [0.717, 1.165) is 10.9 Å². The van der Waals surface area contributed by atoms with Crippen LogP contribution in [0.1, 0.15) is 170 Å². The van der Waals surface area contributed by atoms with E-state index in [2.05, 4.69) is 83.1 Å². The van der Waals surface area contributed by atoms with E-state index in [1.165, 1.54) is 12.5 Å². The Hall–Kier alpha value is -10.1. The zero-order valence-corrected chi connectivity index (χ0v) is 63.8. The fourth-order valence-corrected chi connectivity index (χ4v) is 11.7. The van der Waals surface area contributed by atoms with Gasteiger partial charge in [-0.25, -0.2) is 9.78 Å². The van der Waals surface area contributed by atoms with Crippen molar-refractivity contribution in [2.75, 3.05) is 26.2 Å². The van der Waals surface area contributed by atoms with Gasteiger partial charge in [-0.15, -0.1) is 0 Å². The Kier molecular flexibility index (Phi) is 40.4. The van der Waals surface area contributed by atoms with Crippen molar-refractivity contribution in [3.8, 4) is 0 Å². The maximum absolute atomic E-state index is 14.8. The third kappa shape index (κ3) is 35.2. The smallest absolute Gasteiger partial charge is 0.326 e. The number of guanidine groups is 3. The van der Waals surface area contributed by atoms with Crippen LogP contribution in [0.25, 0.3) is 10.9 Å². The number of rotatable bonds is 51. The monoisotopic (exact) mass is 1500 g/mol. The highest BCUT2D eigenvalue weighted by atomic mass is 16.4. The number of unbranched alkanes of at least 4 members (excludes halogenated alkanes) is 1. The molecule has 0 aliphatic rings. The normalized spacial score (nSPS) is 14.5. The molecule has 0 aliphatic heterocycles. The summed E-state index contributed by atoms with van der Waals surface area (Å²) in [4.78, 5) is 179. The summed E-state index contributed by atoms with van der Waals surface area (Å²) in [5.41, 5.74) is 47.3. The van der Waals surface area contributed by atoms with Crippen molar-refractivity contribution in [2.45, 2.75) is 238 Å². The summed E-state index contributed by atoms with van der Waals surface area (Å²) in [7, 11) is 0. The summed E-state index contributed by atoms with van der Waals surface area (Å²) in [5, 5.41) is 38.5. The van der Waals surface area contributed by atoms with E-state index in [1.807, 2.05) is 93.5 Å². The maximum Gasteiger partial charge on any atom is 0.326 e. The van der Waals surface area contributed by atoms with Gasteiger partial charge in [0.25, 0.3) is 0 Å². The molecule has 0 aliphatic carbocycles. The van der Waals surface area contributed by atoms with E-state index in [4.69, 9.17) is 45.9 Å². The van der Waals surface area contributed by atoms with Gasteiger partial charge in [-0.3, -0.25) is 62.9 Å². The molecule has 2 heterocycles. The van der Waals surface area contributed by atoms with Crippen molar-refractivity contribution in [2.24, 2.45) is 90.4 Å². The summed E-state index contributed by atoms with van der Waals surface area (Å²) < 4.78 is 0. The highest BCUT2D eigenvalue weighted by molar-refractivity contribution is 5.99. The number of hydrogen-bond acceptors (Lipinski definition) is 17. The van der Waals surface area contributed by atoms with Crippen LogP contribution in [0, 0.1) is 29.6 Å². The molecule has 0 saturated heterocycles. The number of nitrogens with two attached hydrogens (primary N) is 8. The molecule has 36 heteroatoms. The molecular formula is C71H122N24O12.